The van der Waals surface area contributed by atoms with E-state index in [0.717, 1.165) is 18.3 Å². The van der Waals surface area contributed by atoms with Crippen LogP contribution in [-0.2, 0) is 12.4 Å². The topological polar surface area (TPSA) is 139 Å². The maximum atomic E-state index is 13.2. The quantitative estimate of drug-likeness (QED) is 0.382. The van der Waals surface area contributed by atoms with Gasteiger partial charge >= 0.3 is 12.4 Å². The summed E-state index contributed by atoms with van der Waals surface area (Å²) in [7, 11) is 0. The Morgan fingerprint density at radius 1 is 0.833 bits per heavy atom. The fraction of sp³-hybridized carbons (Fsp3) is 0.0952. The van der Waals surface area contributed by atoms with Gasteiger partial charge in [0, 0.05) is 18.1 Å². The van der Waals surface area contributed by atoms with E-state index in [1.54, 1.807) is 0 Å². The Hall–Kier alpha value is -4.87. The molecule has 3 N–H and O–H groups in total. The normalized spacial score (nSPS) is 11.7. The number of anilines is 3. The average molecular weight is 503 g/mol. The van der Waals surface area contributed by atoms with Crippen molar-refractivity contribution in [1.29, 1.82) is 5.26 Å². The van der Waals surface area contributed by atoms with E-state index < -0.39 is 23.7 Å². The summed E-state index contributed by atoms with van der Waals surface area (Å²) < 4.78 is 78.7. The number of halogens is 6. The van der Waals surface area contributed by atoms with Gasteiger partial charge in [-0.05, 0) is 30.3 Å². The second kappa shape index (κ2) is 9.06. The number of rotatable bonds is 4. The van der Waals surface area contributed by atoms with Crippen LogP contribution in [0.1, 0.15) is 17.0 Å². The zero-order valence-corrected chi connectivity index (χ0v) is 17.6. The molecule has 0 spiro atoms. The molecule has 0 aromatic carbocycles. The Balaban J connectivity index is 1.87. The molecule has 0 amide bonds. The molecular formula is C21H11F6N9. The van der Waals surface area contributed by atoms with Crippen LogP contribution in [0.5, 0.6) is 0 Å². The van der Waals surface area contributed by atoms with Gasteiger partial charge in [0.15, 0.2) is 11.6 Å². The number of nitriles is 1. The van der Waals surface area contributed by atoms with Gasteiger partial charge in [0.2, 0.25) is 5.95 Å². The summed E-state index contributed by atoms with van der Waals surface area (Å²) in [4.78, 5) is 22.9. The predicted molar refractivity (Wildman–Crippen MR) is 113 cm³/mol. The van der Waals surface area contributed by atoms with E-state index in [-0.39, 0.29) is 45.9 Å². The minimum absolute atomic E-state index is 0.0402. The van der Waals surface area contributed by atoms with Gasteiger partial charge in [0.1, 0.15) is 29.0 Å². The summed E-state index contributed by atoms with van der Waals surface area (Å²) >= 11 is 0. The van der Waals surface area contributed by atoms with Gasteiger partial charge in [0.25, 0.3) is 0 Å². The number of nitrogens with zero attached hydrogens (tertiary/aromatic N) is 7. The van der Waals surface area contributed by atoms with Crippen molar-refractivity contribution in [3.8, 4) is 29.0 Å². The molecule has 0 aliphatic rings. The minimum atomic E-state index is -4.76. The molecule has 9 nitrogen and oxygen atoms in total. The molecule has 0 aliphatic carbocycles. The molecule has 4 aromatic rings. The number of alkyl halides is 6. The summed E-state index contributed by atoms with van der Waals surface area (Å²) in [5, 5.41) is 11.7. The first-order valence-electron chi connectivity index (χ1n) is 9.71. The van der Waals surface area contributed by atoms with Crippen LogP contribution in [0.25, 0.3) is 22.9 Å². The molecule has 0 radical (unpaired) electrons. The van der Waals surface area contributed by atoms with Gasteiger partial charge in [-0.25, -0.2) is 15.0 Å². The number of hydrogen-bond donors (Lipinski definition) is 2. The molecular weight excluding hydrogens is 492 g/mol. The third-order valence-electron chi connectivity index (χ3n) is 4.50. The van der Waals surface area contributed by atoms with Crippen molar-refractivity contribution in [2.45, 2.75) is 12.4 Å². The Bertz CT molecular complexity index is 1480. The van der Waals surface area contributed by atoms with Crippen molar-refractivity contribution in [2.75, 3.05) is 11.1 Å². The second-order valence-corrected chi connectivity index (χ2v) is 7.03. The number of nitrogen functional groups attached to an aromatic ring is 1. The molecule has 0 fully saturated rings. The Labute approximate surface area is 197 Å². The van der Waals surface area contributed by atoms with E-state index in [0.29, 0.717) is 6.07 Å². The third-order valence-corrected chi connectivity index (χ3v) is 4.50. The highest BCUT2D eigenvalue weighted by molar-refractivity contribution is 5.72. The van der Waals surface area contributed by atoms with Crippen LogP contribution in [0.3, 0.4) is 0 Å². The average Bonchev–Trinajstić information content (AvgIpc) is 2.83. The molecule has 182 valence electrons. The zero-order valence-electron chi connectivity index (χ0n) is 17.6. The van der Waals surface area contributed by atoms with E-state index in [9.17, 15) is 26.3 Å². The summed E-state index contributed by atoms with van der Waals surface area (Å²) in [5.41, 5.74) is 3.17. The lowest BCUT2D eigenvalue weighted by atomic mass is 10.2. The molecule has 15 heteroatoms. The maximum Gasteiger partial charge on any atom is 0.433 e. The van der Waals surface area contributed by atoms with Gasteiger partial charge in [-0.2, -0.15) is 41.6 Å². The van der Waals surface area contributed by atoms with E-state index in [4.69, 9.17) is 11.0 Å². The molecule has 0 bridgehead atoms. The van der Waals surface area contributed by atoms with Crippen LogP contribution in [0.2, 0.25) is 0 Å². The summed E-state index contributed by atoms with van der Waals surface area (Å²) in [6.07, 6.45) is -7.40. The third kappa shape index (κ3) is 5.27. The van der Waals surface area contributed by atoms with Gasteiger partial charge in [0.05, 0.1) is 11.1 Å². The Morgan fingerprint density at radius 2 is 1.56 bits per heavy atom. The van der Waals surface area contributed by atoms with Crippen molar-refractivity contribution >= 4 is 17.5 Å². The number of pyridine rings is 3. The number of nitrogens with two attached hydrogens (primary N) is 1. The van der Waals surface area contributed by atoms with Crippen molar-refractivity contribution in [2.24, 2.45) is 0 Å². The van der Waals surface area contributed by atoms with E-state index in [1.807, 2.05) is 6.07 Å². The van der Waals surface area contributed by atoms with Crippen molar-refractivity contribution in [1.82, 2.24) is 29.9 Å². The number of nitrogens with one attached hydrogen (secondary N) is 1. The fourth-order valence-corrected chi connectivity index (χ4v) is 2.89. The van der Waals surface area contributed by atoms with Crippen molar-refractivity contribution < 1.29 is 26.3 Å². The Morgan fingerprint density at radius 3 is 2.25 bits per heavy atom. The fourth-order valence-electron chi connectivity index (χ4n) is 2.89. The Kier molecular flexibility index (Phi) is 6.10. The molecule has 0 saturated heterocycles. The van der Waals surface area contributed by atoms with Crippen LogP contribution in [0.15, 0.2) is 48.8 Å². The number of aromatic nitrogens is 6. The SMILES string of the molecule is N#Cc1cnc(N)c(-c2nc(Nc3ccnc(C(F)(F)F)c3)nc(-c3cccc(C(F)(F)F)n3)n2)c1. The van der Waals surface area contributed by atoms with E-state index in [2.05, 4.69) is 35.2 Å². The lowest BCUT2D eigenvalue weighted by Gasteiger charge is -2.12. The van der Waals surface area contributed by atoms with Crippen LogP contribution < -0.4 is 11.1 Å². The van der Waals surface area contributed by atoms with Crippen molar-refractivity contribution in [3.05, 3.63) is 65.7 Å². The largest absolute Gasteiger partial charge is 0.433 e. The molecule has 4 heterocycles. The highest BCUT2D eigenvalue weighted by Crippen LogP contribution is 2.32. The van der Waals surface area contributed by atoms with Gasteiger partial charge in [-0.15, -0.1) is 0 Å². The first-order valence-corrected chi connectivity index (χ1v) is 9.71. The van der Waals surface area contributed by atoms with Crippen LogP contribution >= 0.6 is 0 Å². The first-order chi connectivity index (χ1) is 16.9. The number of hydrogen-bond acceptors (Lipinski definition) is 9. The standard InChI is InChI=1S/C21H11F6N9/c22-20(23,24)14-3-1-2-13(33-14)18-34-17(12-6-10(8-28)9-31-16(12)29)35-19(36-18)32-11-4-5-30-15(7-11)21(25,26)27/h1-7,9H,(H2,29,31)(H,30,32,34,35,36). The summed E-state index contributed by atoms with van der Waals surface area (Å²) in [5.74, 6) is -1.01. The molecule has 0 atom stereocenters. The minimum Gasteiger partial charge on any atom is -0.383 e. The highest BCUT2D eigenvalue weighted by atomic mass is 19.4. The highest BCUT2D eigenvalue weighted by Gasteiger charge is 2.33. The lowest BCUT2D eigenvalue weighted by Crippen LogP contribution is -2.10. The molecule has 0 aliphatic heterocycles. The molecule has 4 aromatic heterocycles. The van der Waals surface area contributed by atoms with E-state index in [1.165, 1.54) is 24.4 Å². The molecule has 4 rings (SSSR count). The molecule has 0 unspecified atom stereocenters. The molecule has 0 saturated carbocycles. The monoisotopic (exact) mass is 503 g/mol. The zero-order chi connectivity index (χ0) is 26.1. The second-order valence-electron chi connectivity index (χ2n) is 7.03. The van der Waals surface area contributed by atoms with Crippen molar-refractivity contribution in [3.63, 3.8) is 0 Å². The van der Waals surface area contributed by atoms with Crippen LogP contribution in [-0.4, -0.2) is 29.9 Å². The lowest BCUT2D eigenvalue weighted by molar-refractivity contribution is -0.141. The maximum absolute atomic E-state index is 13.2. The summed E-state index contributed by atoms with van der Waals surface area (Å²) in [6.45, 7) is 0. The van der Waals surface area contributed by atoms with Gasteiger partial charge in [-0.3, -0.25) is 4.98 Å². The summed E-state index contributed by atoms with van der Waals surface area (Å²) in [6, 6.07) is 8.08. The predicted octanol–water partition coefficient (Wildman–Crippen LogP) is 4.63. The molecule has 36 heavy (non-hydrogen) atoms. The van der Waals surface area contributed by atoms with Crippen LogP contribution in [0.4, 0.5) is 43.8 Å². The van der Waals surface area contributed by atoms with Gasteiger partial charge in [-0.1, -0.05) is 6.07 Å². The van der Waals surface area contributed by atoms with Gasteiger partial charge < -0.3 is 11.1 Å². The first kappa shape index (κ1) is 24.3. The smallest absolute Gasteiger partial charge is 0.383 e. The van der Waals surface area contributed by atoms with Crippen LogP contribution in [0, 0.1) is 11.3 Å². The van der Waals surface area contributed by atoms with E-state index >= 15 is 0 Å².